The molecule has 15 rings (SSSR count). The molecule has 2 aliphatic rings. The van der Waals surface area contributed by atoms with E-state index >= 15 is 0 Å². The van der Waals surface area contributed by atoms with Crippen molar-refractivity contribution >= 4 is 124 Å². The first-order valence-electron chi connectivity index (χ1n) is 29.5. The van der Waals surface area contributed by atoms with Gasteiger partial charge in [-0.2, -0.15) is 0 Å². The minimum atomic E-state index is -0.224. The molecule has 0 saturated carbocycles. The summed E-state index contributed by atoms with van der Waals surface area (Å²) >= 11 is 0. The lowest BCUT2D eigenvalue weighted by Crippen LogP contribution is -2.61. The summed E-state index contributed by atoms with van der Waals surface area (Å²) in [6.07, 6.45) is 1.93. The molecule has 0 N–H and O–H groups in total. The van der Waals surface area contributed by atoms with E-state index in [1.54, 1.807) is 0 Å². The molecular formula is C78H66BN3O2. The molecule has 0 bridgehead atoms. The zero-order valence-electron chi connectivity index (χ0n) is 49.6. The fourth-order valence-electron chi connectivity index (χ4n) is 14.3. The molecule has 3 aromatic heterocycles. The number of rotatable bonds is 6. The second-order valence-corrected chi connectivity index (χ2v) is 25.6. The van der Waals surface area contributed by atoms with E-state index in [4.69, 9.17) is 8.83 Å². The number of hydrogen-bond donors (Lipinski definition) is 0. The van der Waals surface area contributed by atoms with Gasteiger partial charge in [0.05, 0.1) is 22.4 Å². The summed E-state index contributed by atoms with van der Waals surface area (Å²) in [5.41, 5.74) is 28.8. The van der Waals surface area contributed by atoms with Crippen molar-refractivity contribution in [3.63, 3.8) is 0 Å². The Balaban J connectivity index is 1.05. The van der Waals surface area contributed by atoms with Crippen LogP contribution in [0, 0.1) is 27.7 Å². The first-order chi connectivity index (χ1) is 40.5. The maximum absolute atomic E-state index is 6.68. The van der Waals surface area contributed by atoms with Crippen molar-refractivity contribution in [3.8, 4) is 16.8 Å². The molecule has 0 atom stereocenters. The Bertz CT molecular complexity index is 5050. The van der Waals surface area contributed by atoms with Crippen LogP contribution in [0.15, 0.2) is 210 Å². The predicted octanol–water partition coefficient (Wildman–Crippen LogP) is 17.8. The monoisotopic (exact) mass is 1090 g/mol. The molecule has 0 aliphatic carbocycles. The molecule has 10 aromatic carbocycles. The summed E-state index contributed by atoms with van der Waals surface area (Å²) in [6, 6.07) is 69.8. The third-order valence-corrected chi connectivity index (χ3v) is 18.2. The maximum atomic E-state index is 6.68. The number of furan rings is 2. The van der Waals surface area contributed by atoms with E-state index in [0.29, 0.717) is 0 Å². The highest BCUT2D eigenvalue weighted by atomic mass is 16.3. The van der Waals surface area contributed by atoms with E-state index < -0.39 is 0 Å². The van der Waals surface area contributed by atoms with E-state index in [9.17, 15) is 0 Å². The Morgan fingerprint density at radius 3 is 1.70 bits per heavy atom. The van der Waals surface area contributed by atoms with Crippen molar-refractivity contribution < 1.29 is 8.83 Å². The highest BCUT2D eigenvalue weighted by Crippen LogP contribution is 2.51. The molecule has 5 nitrogen and oxygen atoms in total. The van der Waals surface area contributed by atoms with E-state index in [0.717, 1.165) is 93.8 Å². The number of anilines is 6. The molecule has 5 heterocycles. The average Bonchev–Trinajstić information content (AvgIpc) is 1.74. The van der Waals surface area contributed by atoms with E-state index in [2.05, 4.69) is 267 Å². The first-order valence-corrected chi connectivity index (χ1v) is 29.5. The number of hydrogen-bond acceptors (Lipinski definition) is 4. The predicted molar refractivity (Wildman–Crippen MR) is 358 cm³/mol. The molecule has 84 heavy (non-hydrogen) atoms. The summed E-state index contributed by atoms with van der Waals surface area (Å²) in [5.74, 6) is 0. The molecule has 2 aliphatic heterocycles. The summed E-state index contributed by atoms with van der Waals surface area (Å²) in [5, 5.41) is 6.58. The van der Waals surface area contributed by atoms with Gasteiger partial charge in [-0.15, -0.1) is 0 Å². The van der Waals surface area contributed by atoms with Crippen LogP contribution in [0.5, 0.6) is 0 Å². The summed E-state index contributed by atoms with van der Waals surface area (Å²) in [4.78, 5) is 5.26. The lowest BCUT2D eigenvalue weighted by atomic mass is 9.33. The van der Waals surface area contributed by atoms with Crippen LogP contribution < -0.4 is 36.8 Å². The van der Waals surface area contributed by atoms with Gasteiger partial charge >= 0.3 is 0 Å². The Kier molecular flexibility index (Phi) is 11.3. The number of allylic oxidation sites excluding steroid dienone is 1. The van der Waals surface area contributed by atoms with Gasteiger partial charge in [0.15, 0.2) is 0 Å². The van der Waals surface area contributed by atoms with Gasteiger partial charge in [-0.3, -0.25) is 0 Å². The summed E-state index contributed by atoms with van der Waals surface area (Å²) in [6.45, 7) is 32.0. The highest BCUT2D eigenvalue weighted by molar-refractivity contribution is 7.00. The molecule has 0 spiro atoms. The van der Waals surface area contributed by atoms with E-state index in [-0.39, 0.29) is 17.5 Å². The number of benzene rings is 10. The molecule has 0 amide bonds. The quantitative estimate of drug-likeness (QED) is 0.156. The number of nitrogens with zero attached hydrogens (tertiary/aromatic N) is 3. The standard InChI is InChI=1S/C78H66BN3O2/c1-13-55(75-49(6)56-26-18-21-32-70(56)83-75)50-36-45(2)74(46(3)37-50)82-67-44-66-61(58-27-17-20-31-64(58)80(66)54-24-15-14-16-25-54)43-63(67)79-62-40-52(77(7,8)9)34-35-65(62)81(68-41-53(78(10,11)12)42-69(82)72(68)79)73-47(4)38-51(39-48(73)5)57-29-23-30-60-59-28-19-22-33-71(59)84-76(57)60/h13-44H,1,6H2,2-5,7-12H3/b75-55-. The van der Waals surface area contributed by atoms with Crippen LogP contribution in [0.4, 0.5) is 34.1 Å². The molecular weight excluding hydrogens is 1020 g/mol. The SMILES string of the molecule is C=C/C(c1cc(C)c(N2c3cc4c(cc3B3c5cc(C(C)(C)C)ccc5N(c5c(C)cc(-c6cccc7c6oc6ccccc67)cc5C)c5cc(C(C)(C)C)cc2c53)c2ccccc2n4-c2ccccc2)c(C)c1)=c1/oc2ccccc2c1=C. The van der Waals surface area contributed by atoms with Crippen LogP contribution in [0.1, 0.15) is 80.5 Å². The van der Waals surface area contributed by atoms with Crippen LogP contribution in [0.2, 0.25) is 0 Å². The fraction of sp³-hybridized carbons (Fsp3) is 0.154. The van der Waals surface area contributed by atoms with Crippen molar-refractivity contribution in [2.75, 3.05) is 9.80 Å². The number of aromatic nitrogens is 1. The van der Waals surface area contributed by atoms with Crippen molar-refractivity contribution in [2.24, 2.45) is 0 Å². The van der Waals surface area contributed by atoms with Crippen LogP contribution >= 0.6 is 0 Å². The van der Waals surface area contributed by atoms with Gasteiger partial charge in [0.2, 0.25) is 0 Å². The van der Waals surface area contributed by atoms with Gasteiger partial charge in [-0.25, -0.2) is 0 Å². The molecule has 0 radical (unpaired) electrons. The van der Waals surface area contributed by atoms with Crippen molar-refractivity contribution in [1.29, 1.82) is 0 Å². The van der Waals surface area contributed by atoms with Gasteiger partial charge in [0.25, 0.3) is 6.71 Å². The van der Waals surface area contributed by atoms with Crippen LogP contribution in [-0.4, -0.2) is 11.3 Å². The van der Waals surface area contributed by atoms with Crippen LogP contribution in [0.25, 0.3) is 83.7 Å². The largest absolute Gasteiger partial charge is 0.455 e. The fourth-order valence-corrected chi connectivity index (χ4v) is 14.3. The van der Waals surface area contributed by atoms with Crippen LogP contribution in [0.3, 0.4) is 0 Å². The highest BCUT2D eigenvalue weighted by Gasteiger charge is 2.46. The Morgan fingerprint density at radius 2 is 1.05 bits per heavy atom. The summed E-state index contributed by atoms with van der Waals surface area (Å²) in [7, 11) is 0. The van der Waals surface area contributed by atoms with Crippen LogP contribution in [-0.2, 0) is 10.8 Å². The number of fused-ring (bicyclic) bond motifs is 11. The molecule has 0 saturated heterocycles. The van der Waals surface area contributed by atoms with Crippen molar-refractivity contribution in [2.45, 2.75) is 80.1 Å². The molecule has 0 fully saturated rings. The topological polar surface area (TPSA) is 37.7 Å². The minimum Gasteiger partial charge on any atom is -0.455 e. The van der Waals surface area contributed by atoms with Gasteiger partial charge < -0.3 is 23.2 Å². The lowest BCUT2D eigenvalue weighted by molar-refractivity contribution is 0.573. The van der Waals surface area contributed by atoms with Gasteiger partial charge in [0, 0.05) is 71.7 Å². The first kappa shape index (κ1) is 51.4. The number of para-hydroxylation sites is 5. The van der Waals surface area contributed by atoms with Crippen molar-refractivity contribution in [3.05, 3.63) is 250 Å². The number of aryl methyl sites for hydroxylation is 4. The zero-order chi connectivity index (χ0) is 57.8. The molecule has 6 heteroatoms. The van der Waals surface area contributed by atoms with Gasteiger partial charge in [-0.1, -0.05) is 170 Å². The van der Waals surface area contributed by atoms with E-state index in [1.807, 2.05) is 24.3 Å². The smallest absolute Gasteiger partial charge is 0.252 e. The maximum Gasteiger partial charge on any atom is 0.252 e. The average molecular weight is 1090 g/mol. The van der Waals surface area contributed by atoms with Gasteiger partial charge in [-0.05, 0) is 178 Å². The van der Waals surface area contributed by atoms with Gasteiger partial charge in [0.1, 0.15) is 22.2 Å². The second kappa shape index (κ2) is 18.5. The second-order valence-electron chi connectivity index (χ2n) is 25.6. The zero-order valence-corrected chi connectivity index (χ0v) is 49.6. The Morgan fingerprint density at radius 1 is 0.476 bits per heavy atom. The lowest BCUT2D eigenvalue weighted by Gasteiger charge is -2.46. The molecule has 0 unspecified atom stereocenters. The third kappa shape index (κ3) is 7.62. The third-order valence-electron chi connectivity index (χ3n) is 18.2. The Hall–Kier alpha value is -9.52. The molecule has 13 aromatic rings. The van der Waals surface area contributed by atoms with Crippen molar-refractivity contribution in [1.82, 2.24) is 4.57 Å². The molecule has 408 valence electrons. The minimum absolute atomic E-state index is 0.116. The Labute approximate surface area is 491 Å². The van der Waals surface area contributed by atoms with E-state index in [1.165, 1.54) is 83.4 Å². The summed E-state index contributed by atoms with van der Waals surface area (Å²) < 4.78 is 15.8. The normalized spacial score (nSPS) is 13.6.